The van der Waals surface area contributed by atoms with Gasteiger partial charge in [0, 0.05) is 18.5 Å². The van der Waals surface area contributed by atoms with E-state index >= 15 is 0 Å². The highest BCUT2D eigenvalue weighted by atomic mass is 15.4. The van der Waals surface area contributed by atoms with E-state index in [0.29, 0.717) is 5.92 Å². The number of aromatic nitrogens is 3. The van der Waals surface area contributed by atoms with Gasteiger partial charge >= 0.3 is 0 Å². The maximum absolute atomic E-state index is 5.75. The molecule has 0 bridgehead atoms. The average molecular weight is 277 g/mol. The Morgan fingerprint density at radius 1 is 1.25 bits per heavy atom. The van der Waals surface area contributed by atoms with Crippen molar-refractivity contribution >= 4 is 5.95 Å². The predicted octanol–water partition coefficient (Wildman–Crippen LogP) is 2.20. The molecule has 0 amide bonds. The van der Waals surface area contributed by atoms with E-state index in [9.17, 15) is 0 Å². The van der Waals surface area contributed by atoms with E-state index in [1.54, 1.807) is 0 Å². The number of anilines is 1. The fourth-order valence-corrected chi connectivity index (χ4v) is 3.60. The smallest absolute Gasteiger partial charge is 0.244 e. The Morgan fingerprint density at radius 3 is 2.60 bits per heavy atom. The Hall–Kier alpha value is -1.10. The summed E-state index contributed by atoms with van der Waals surface area (Å²) in [4.78, 5) is 7.11. The summed E-state index contributed by atoms with van der Waals surface area (Å²) in [6.45, 7) is 5.22. The molecule has 0 spiro atoms. The fourth-order valence-electron chi connectivity index (χ4n) is 3.60. The van der Waals surface area contributed by atoms with Gasteiger partial charge in [-0.15, -0.1) is 5.10 Å². The zero-order valence-electron chi connectivity index (χ0n) is 12.6. The van der Waals surface area contributed by atoms with Crippen molar-refractivity contribution in [3.63, 3.8) is 0 Å². The summed E-state index contributed by atoms with van der Waals surface area (Å²) < 4.78 is 0. The molecular formula is C15H27N5. The van der Waals surface area contributed by atoms with E-state index in [2.05, 4.69) is 22.0 Å². The Morgan fingerprint density at radius 2 is 1.95 bits per heavy atom. The number of rotatable bonds is 3. The second kappa shape index (κ2) is 5.72. The summed E-state index contributed by atoms with van der Waals surface area (Å²) in [6, 6.07) is 0. The van der Waals surface area contributed by atoms with Gasteiger partial charge in [0.1, 0.15) is 5.82 Å². The van der Waals surface area contributed by atoms with Crippen LogP contribution < -0.4 is 10.6 Å². The first-order valence-corrected chi connectivity index (χ1v) is 8.09. The van der Waals surface area contributed by atoms with Gasteiger partial charge in [-0.05, 0) is 38.1 Å². The fraction of sp³-hybridized carbons (Fsp3) is 0.867. The summed E-state index contributed by atoms with van der Waals surface area (Å²) in [7, 11) is 0. The largest absolute Gasteiger partial charge is 0.340 e. The molecule has 1 saturated heterocycles. The van der Waals surface area contributed by atoms with Crippen LogP contribution in [0.4, 0.5) is 5.95 Å². The van der Waals surface area contributed by atoms with Crippen molar-refractivity contribution in [2.24, 2.45) is 11.7 Å². The Labute approximate surface area is 121 Å². The normalized spacial score (nSPS) is 24.0. The van der Waals surface area contributed by atoms with Gasteiger partial charge in [-0.2, -0.15) is 4.98 Å². The monoisotopic (exact) mass is 277 g/mol. The van der Waals surface area contributed by atoms with E-state index < -0.39 is 0 Å². The number of nitrogens with zero attached hydrogens (tertiary/aromatic N) is 3. The molecule has 20 heavy (non-hydrogen) atoms. The third kappa shape index (κ3) is 2.68. The van der Waals surface area contributed by atoms with Crippen LogP contribution in [-0.2, 0) is 5.41 Å². The van der Waals surface area contributed by atoms with E-state index in [1.165, 1.54) is 32.1 Å². The van der Waals surface area contributed by atoms with Crippen LogP contribution in [-0.4, -0.2) is 34.8 Å². The molecule has 1 aliphatic carbocycles. The van der Waals surface area contributed by atoms with Crippen LogP contribution in [0.2, 0.25) is 0 Å². The molecule has 2 fully saturated rings. The number of H-pyrrole nitrogens is 1. The van der Waals surface area contributed by atoms with E-state index in [-0.39, 0.29) is 5.41 Å². The molecule has 5 heteroatoms. The maximum Gasteiger partial charge on any atom is 0.244 e. The number of nitrogens with two attached hydrogens (primary N) is 1. The van der Waals surface area contributed by atoms with Crippen LogP contribution in [0.1, 0.15) is 57.7 Å². The molecule has 0 aromatic carbocycles. The molecule has 0 unspecified atom stereocenters. The van der Waals surface area contributed by atoms with Crippen LogP contribution >= 0.6 is 0 Å². The van der Waals surface area contributed by atoms with Gasteiger partial charge in [0.05, 0.1) is 0 Å². The lowest BCUT2D eigenvalue weighted by Crippen LogP contribution is -2.36. The Bertz CT molecular complexity index is 427. The molecule has 0 atom stereocenters. The van der Waals surface area contributed by atoms with Gasteiger partial charge in [0.15, 0.2) is 0 Å². The minimum absolute atomic E-state index is 0.207. The minimum Gasteiger partial charge on any atom is -0.340 e. The number of hydrogen-bond acceptors (Lipinski definition) is 4. The minimum atomic E-state index is 0.207. The molecule has 3 rings (SSSR count). The molecule has 1 aromatic rings. The number of aromatic amines is 1. The van der Waals surface area contributed by atoms with Crippen LogP contribution in [0.3, 0.4) is 0 Å². The van der Waals surface area contributed by atoms with Crippen molar-refractivity contribution in [3.8, 4) is 0 Å². The molecule has 1 aliphatic heterocycles. The third-order valence-electron chi connectivity index (χ3n) is 5.23. The summed E-state index contributed by atoms with van der Waals surface area (Å²) in [5, 5.41) is 7.68. The maximum atomic E-state index is 5.75. The van der Waals surface area contributed by atoms with Gasteiger partial charge in [-0.3, -0.25) is 5.10 Å². The average Bonchev–Trinajstić information content (AvgIpc) is 2.99. The summed E-state index contributed by atoms with van der Waals surface area (Å²) >= 11 is 0. The number of piperidine rings is 1. The highest BCUT2D eigenvalue weighted by molar-refractivity contribution is 5.30. The third-order valence-corrected chi connectivity index (χ3v) is 5.23. The molecule has 112 valence electrons. The first-order valence-electron chi connectivity index (χ1n) is 8.09. The highest BCUT2D eigenvalue weighted by Crippen LogP contribution is 2.37. The first-order chi connectivity index (χ1) is 9.71. The highest BCUT2D eigenvalue weighted by Gasteiger charge is 2.33. The molecular weight excluding hydrogens is 250 g/mol. The van der Waals surface area contributed by atoms with Crippen molar-refractivity contribution in [1.82, 2.24) is 15.2 Å². The van der Waals surface area contributed by atoms with Crippen molar-refractivity contribution in [1.29, 1.82) is 0 Å². The van der Waals surface area contributed by atoms with Crippen LogP contribution in [0, 0.1) is 5.92 Å². The lowest BCUT2D eigenvalue weighted by Gasteiger charge is -2.32. The van der Waals surface area contributed by atoms with Crippen molar-refractivity contribution in [3.05, 3.63) is 5.82 Å². The lowest BCUT2D eigenvalue weighted by molar-refractivity contribution is 0.304. The van der Waals surface area contributed by atoms with Gasteiger partial charge in [-0.1, -0.05) is 26.2 Å². The SMILES string of the molecule is CC1(c2nc(N3CCC(CN)CC3)n[nH]2)CCCCC1. The number of nitrogens with one attached hydrogen (secondary N) is 1. The van der Waals surface area contributed by atoms with E-state index in [4.69, 9.17) is 10.7 Å². The zero-order chi connectivity index (χ0) is 14.0. The molecule has 3 N–H and O–H groups in total. The topological polar surface area (TPSA) is 70.8 Å². The van der Waals surface area contributed by atoms with Crippen LogP contribution in [0.25, 0.3) is 0 Å². The number of hydrogen-bond donors (Lipinski definition) is 2. The van der Waals surface area contributed by atoms with Gasteiger partial charge in [0.25, 0.3) is 0 Å². The summed E-state index contributed by atoms with van der Waals surface area (Å²) in [5.41, 5.74) is 5.96. The van der Waals surface area contributed by atoms with Crippen molar-refractivity contribution in [2.45, 2.75) is 57.3 Å². The Kier molecular flexibility index (Phi) is 3.96. The molecule has 5 nitrogen and oxygen atoms in total. The van der Waals surface area contributed by atoms with Gasteiger partial charge < -0.3 is 10.6 Å². The van der Waals surface area contributed by atoms with Crippen LogP contribution in [0.15, 0.2) is 0 Å². The van der Waals surface area contributed by atoms with Crippen molar-refractivity contribution in [2.75, 3.05) is 24.5 Å². The Balaban J connectivity index is 1.67. The molecule has 1 aromatic heterocycles. The second-order valence-electron chi connectivity index (χ2n) is 6.77. The van der Waals surface area contributed by atoms with Crippen molar-refractivity contribution < 1.29 is 0 Å². The predicted molar refractivity (Wildman–Crippen MR) is 80.8 cm³/mol. The van der Waals surface area contributed by atoms with E-state index in [1.807, 2.05) is 0 Å². The molecule has 1 saturated carbocycles. The van der Waals surface area contributed by atoms with E-state index in [0.717, 1.165) is 44.2 Å². The molecule has 2 aliphatic rings. The lowest BCUT2D eigenvalue weighted by atomic mass is 9.75. The molecule has 0 radical (unpaired) electrons. The quantitative estimate of drug-likeness (QED) is 0.888. The summed E-state index contributed by atoms with van der Waals surface area (Å²) in [5.74, 6) is 2.66. The standard InChI is InChI=1S/C15H27N5/c1-15(7-3-2-4-8-15)13-17-14(19-18-13)20-9-5-12(11-16)6-10-20/h12H,2-11,16H2,1H3,(H,17,18,19). The molecule has 2 heterocycles. The zero-order valence-corrected chi connectivity index (χ0v) is 12.6. The van der Waals surface area contributed by atoms with Gasteiger partial charge in [0.2, 0.25) is 5.95 Å². The van der Waals surface area contributed by atoms with Gasteiger partial charge in [-0.25, -0.2) is 0 Å². The second-order valence-corrected chi connectivity index (χ2v) is 6.77. The van der Waals surface area contributed by atoms with Crippen LogP contribution in [0.5, 0.6) is 0 Å². The summed E-state index contributed by atoms with van der Waals surface area (Å²) in [6.07, 6.45) is 8.79. The first kappa shape index (κ1) is 13.9.